The van der Waals surface area contributed by atoms with Crippen LogP contribution in [0.25, 0.3) is 75.5 Å². The summed E-state index contributed by atoms with van der Waals surface area (Å²) >= 11 is 1.86. The zero-order valence-corrected chi connectivity index (χ0v) is 32.7. The molecule has 0 amide bonds. The average Bonchev–Trinajstić information content (AvgIpc) is 3.75. The van der Waals surface area contributed by atoms with E-state index in [4.69, 9.17) is 0 Å². The van der Waals surface area contributed by atoms with Crippen LogP contribution in [-0.4, -0.2) is 0 Å². The number of thiophene rings is 1. The van der Waals surface area contributed by atoms with E-state index in [2.05, 4.69) is 219 Å². The quantitative estimate of drug-likeness (QED) is 0.164. The van der Waals surface area contributed by atoms with Crippen LogP contribution in [-0.2, 0) is 5.41 Å². The van der Waals surface area contributed by atoms with Crippen molar-refractivity contribution in [2.75, 3.05) is 4.90 Å². The molecule has 57 heavy (non-hydrogen) atoms. The van der Waals surface area contributed by atoms with Gasteiger partial charge < -0.3 is 4.90 Å². The van der Waals surface area contributed by atoms with E-state index in [1.165, 1.54) is 86.6 Å². The molecule has 1 aromatic heterocycles. The van der Waals surface area contributed by atoms with E-state index in [9.17, 15) is 0 Å². The summed E-state index contributed by atoms with van der Waals surface area (Å²) in [5.41, 5.74) is 16.1. The minimum Gasteiger partial charge on any atom is -0.310 e. The number of anilines is 3. The van der Waals surface area contributed by atoms with Gasteiger partial charge in [0.2, 0.25) is 0 Å². The third-order valence-electron chi connectivity index (χ3n) is 12.1. The lowest BCUT2D eigenvalue weighted by Gasteiger charge is -2.26. The molecule has 1 nitrogen and oxygen atoms in total. The highest BCUT2D eigenvalue weighted by atomic mass is 32.1. The summed E-state index contributed by atoms with van der Waals surface area (Å²) in [5.74, 6) is 0. The fraction of sp³-hybridized carbons (Fsp3) is 0.0545. The van der Waals surface area contributed by atoms with Crippen LogP contribution in [0.4, 0.5) is 17.1 Å². The Balaban J connectivity index is 0.983. The predicted octanol–water partition coefficient (Wildman–Crippen LogP) is 16.0. The fourth-order valence-corrected chi connectivity index (χ4v) is 10.1. The Bertz CT molecular complexity index is 3150. The summed E-state index contributed by atoms with van der Waals surface area (Å²) < 4.78 is 2.66. The summed E-state index contributed by atoms with van der Waals surface area (Å²) in [6, 6.07) is 73.9. The molecule has 0 saturated carbocycles. The van der Waals surface area contributed by atoms with Gasteiger partial charge in [0.15, 0.2) is 0 Å². The van der Waals surface area contributed by atoms with Crippen molar-refractivity contribution >= 4 is 59.3 Å². The molecule has 0 atom stereocenters. The van der Waals surface area contributed by atoms with Crippen molar-refractivity contribution in [1.29, 1.82) is 0 Å². The molecule has 1 heterocycles. The van der Waals surface area contributed by atoms with Gasteiger partial charge in [0, 0.05) is 42.6 Å². The normalized spacial score (nSPS) is 12.9. The third-order valence-corrected chi connectivity index (χ3v) is 13.2. The van der Waals surface area contributed by atoms with Crippen molar-refractivity contribution in [1.82, 2.24) is 0 Å². The van der Waals surface area contributed by atoms with Gasteiger partial charge in [-0.25, -0.2) is 0 Å². The van der Waals surface area contributed by atoms with Gasteiger partial charge in [0.05, 0.1) is 0 Å². The number of fused-ring (bicyclic) bond motifs is 7. The maximum Gasteiger partial charge on any atom is 0.0467 e. The summed E-state index contributed by atoms with van der Waals surface area (Å²) in [6.07, 6.45) is 0. The van der Waals surface area contributed by atoms with Gasteiger partial charge in [0.1, 0.15) is 0 Å². The molecule has 9 aromatic carbocycles. The Morgan fingerprint density at radius 2 is 0.930 bits per heavy atom. The molecule has 0 aliphatic heterocycles. The van der Waals surface area contributed by atoms with Crippen LogP contribution in [0.3, 0.4) is 0 Å². The lowest BCUT2D eigenvalue weighted by atomic mass is 9.81. The first-order chi connectivity index (χ1) is 28.0. The lowest BCUT2D eigenvalue weighted by molar-refractivity contribution is 0.660. The second-order valence-electron chi connectivity index (χ2n) is 15.8. The van der Waals surface area contributed by atoms with Gasteiger partial charge in [-0.05, 0) is 133 Å². The summed E-state index contributed by atoms with van der Waals surface area (Å²) in [6.45, 7) is 4.70. The number of rotatable bonds is 6. The van der Waals surface area contributed by atoms with Crippen LogP contribution in [0.1, 0.15) is 25.0 Å². The maximum absolute atomic E-state index is 2.41. The molecule has 270 valence electrons. The van der Waals surface area contributed by atoms with Crippen molar-refractivity contribution in [3.05, 3.63) is 211 Å². The Hall–Kier alpha value is -6.74. The minimum absolute atomic E-state index is 0.0376. The zero-order chi connectivity index (χ0) is 38.1. The third kappa shape index (κ3) is 5.67. The van der Waals surface area contributed by atoms with E-state index in [1.807, 2.05) is 11.3 Å². The van der Waals surface area contributed by atoms with Crippen LogP contribution in [0, 0.1) is 0 Å². The van der Waals surface area contributed by atoms with Gasteiger partial charge >= 0.3 is 0 Å². The van der Waals surface area contributed by atoms with E-state index in [-0.39, 0.29) is 5.41 Å². The van der Waals surface area contributed by atoms with Gasteiger partial charge in [-0.3, -0.25) is 0 Å². The first-order valence-corrected chi connectivity index (χ1v) is 20.6. The highest BCUT2D eigenvalue weighted by Gasteiger charge is 2.35. The minimum atomic E-state index is -0.0376. The molecule has 0 unspecified atom stereocenters. The van der Waals surface area contributed by atoms with Gasteiger partial charge in [0.25, 0.3) is 0 Å². The first-order valence-electron chi connectivity index (χ1n) is 19.7. The van der Waals surface area contributed by atoms with Crippen molar-refractivity contribution in [3.8, 4) is 44.5 Å². The largest absolute Gasteiger partial charge is 0.310 e. The summed E-state index contributed by atoms with van der Waals surface area (Å²) in [7, 11) is 0. The van der Waals surface area contributed by atoms with Gasteiger partial charge in [-0.2, -0.15) is 0 Å². The SMILES string of the molecule is CC1(C)c2ccccc2-c2ccc(-c3ccc(N(c4ccc(-c5ccc6sc7ccccc7c6c5)cc4)c4cccc(-c5ccc6ccccc6c5)c4)cc3)cc21. The second kappa shape index (κ2) is 13.2. The molecule has 0 bridgehead atoms. The molecule has 10 aromatic rings. The highest BCUT2D eigenvalue weighted by Crippen LogP contribution is 2.50. The molecule has 0 saturated heterocycles. The molecule has 0 N–H and O–H groups in total. The Morgan fingerprint density at radius 3 is 1.74 bits per heavy atom. The van der Waals surface area contributed by atoms with Crippen molar-refractivity contribution in [3.63, 3.8) is 0 Å². The maximum atomic E-state index is 2.41. The molecule has 1 aliphatic rings. The monoisotopic (exact) mass is 745 g/mol. The molecular weight excluding hydrogens is 707 g/mol. The first kappa shape index (κ1) is 33.6. The number of hydrogen-bond acceptors (Lipinski definition) is 2. The molecule has 0 radical (unpaired) electrons. The van der Waals surface area contributed by atoms with E-state index < -0.39 is 0 Å². The lowest BCUT2D eigenvalue weighted by Crippen LogP contribution is -2.14. The van der Waals surface area contributed by atoms with Crippen LogP contribution >= 0.6 is 11.3 Å². The number of benzene rings is 9. The average molecular weight is 746 g/mol. The van der Waals surface area contributed by atoms with Crippen LogP contribution in [0.2, 0.25) is 0 Å². The number of hydrogen-bond donors (Lipinski definition) is 0. The van der Waals surface area contributed by atoms with Crippen molar-refractivity contribution in [2.24, 2.45) is 0 Å². The van der Waals surface area contributed by atoms with Crippen molar-refractivity contribution < 1.29 is 0 Å². The summed E-state index contributed by atoms with van der Waals surface area (Å²) in [4.78, 5) is 2.39. The van der Waals surface area contributed by atoms with Gasteiger partial charge in [-0.15, -0.1) is 11.3 Å². The molecule has 0 spiro atoms. The van der Waals surface area contributed by atoms with E-state index in [0.717, 1.165) is 17.1 Å². The molecule has 11 rings (SSSR count). The van der Waals surface area contributed by atoms with Crippen molar-refractivity contribution in [2.45, 2.75) is 19.3 Å². The Kier molecular flexibility index (Phi) is 7.77. The van der Waals surface area contributed by atoms with E-state index in [0.29, 0.717) is 0 Å². The molecule has 1 aliphatic carbocycles. The fourth-order valence-electron chi connectivity index (χ4n) is 9.04. The molecule has 2 heteroatoms. The highest BCUT2D eigenvalue weighted by molar-refractivity contribution is 7.25. The van der Waals surface area contributed by atoms with E-state index >= 15 is 0 Å². The standard InChI is InChI=1S/C55H39NS/c1-55(2)51-16-7-5-14-47(51)48-30-24-43(35-52(48)55)38-22-28-45(29-23-38)56(46-13-9-12-40(33-46)41-19-18-36-10-3-4-11-39(36)32-41)44-26-20-37(21-27-44)42-25-31-54-50(34-42)49-15-6-8-17-53(49)57-54/h3-35H,1-2H3. The van der Waals surface area contributed by atoms with E-state index in [1.54, 1.807) is 0 Å². The zero-order valence-electron chi connectivity index (χ0n) is 31.9. The second-order valence-corrected chi connectivity index (χ2v) is 16.9. The smallest absolute Gasteiger partial charge is 0.0467 e. The topological polar surface area (TPSA) is 3.24 Å². The number of nitrogens with zero attached hydrogens (tertiary/aromatic N) is 1. The molecular formula is C55H39NS. The van der Waals surface area contributed by atoms with Crippen LogP contribution in [0.5, 0.6) is 0 Å². The van der Waals surface area contributed by atoms with Crippen LogP contribution < -0.4 is 4.90 Å². The summed E-state index contributed by atoms with van der Waals surface area (Å²) in [5, 5.41) is 5.14. The Morgan fingerprint density at radius 1 is 0.351 bits per heavy atom. The molecule has 0 fully saturated rings. The Labute approximate surface area is 337 Å². The van der Waals surface area contributed by atoms with Gasteiger partial charge in [-0.1, -0.05) is 147 Å². The predicted molar refractivity (Wildman–Crippen MR) is 245 cm³/mol. The van der Waals surface area contributed by atoms with Crippen LogP contribution in [0.15, 0.2) is 200 Å².